The van der Waals surface area contributed by atoms with Gasteiger partial charge in [-0.2, -0.15) is 0 Å². The zero-order chi connectivity index (χ0) is 13.7. The summed E-state index contributed by atoms with van der Waals surface area (Å²) in [5.41, 5.74) is 0. The van der Waals surface area contributed by atoms with Crippen LogP contribution in [-0.4, -0.2) is 67.2 Å². The summed E-state index contributed by atoms with van der Waals surface area (Å²) in [7, 11) is 0. The molecule has 108 valence electrons. The van der Waals surface area contributed by atoms with Crippen LogP contribution in [0, 0.1) is 0 Å². The quantitative estimate of drug-likeness (QED) is 0.789. The Kier molecular flexibility index (Phi) is 5.01. The van der Waals surface area contributed by atoms with Crippen LogP contribution in [0.4, 0.5) is 4.79 Å². The van der Waals surface area contributed by atoms with Crippen molar-refractivity contribution in [1.29, 1.82) is 0 Å². The monoisotopic (exact) mass is 269 g/mol. The van der Waals surface area contributed by atoms with Gasteiger partial charge in [-0.3, -0.25) is 4.79 Å². The molecule has 0 aliphatic carbocycles. The summed E-state index contributed by atoms with van der Waals surface area (Å²) in [5.74, 6) is 0.184. The van der Waals surface area contributed by atoms with Gasteiger partial charge in [-0.25, -0.2) is 4.79 Å². The molecule has 2 heterocycles. The van der Waals surface area contributed by atoms with Crippen LogP contribution >= 0.6 is 0 Å². The normalized spacial score (nSPS) is 24.2. The standard InChI is InChI=1S/C13H23N3O3/c1-2-19-13(18)16-9-7-15(8-10-16)12(17)11-5-3-4-6-14-11/h11,14H,2-10H2,1H3/t11-/m0/s1. The van der Waals surface area contributed by atoms with Crippen molar-refractivity contribution in [1.82, 2.24) is 15.1 Å². The number of carbonyl (C=O) groups excluding carboxylic acids is 2. The van der Waals surface area contributed by atoms with Gasteiger partial charge in [-0.05, 0) is 26.3 Å². The van der Waals surface area contributed by atoms with Crippen LogP contribution in [0.25, 0.3) is 0 Å². The van der Waals surface area contributed by atoms with Gasteiger partial charge in [0.25, 0.3) is 0 Å². The molecule has 0 aromatic carbocycles. The lowest BCUT2D eigenvalue weighted by Gasteiger charge is -2.36. The number of piperazine rings is 1. The Morgan fingerprint density at radius 1 is 1.16 bits per heavy atom. The van der Waals surface area contributed by atoms with Gasteiger partial charge >= 0.3 is 6.09 Å². The summed E-state index contributed by atoms with van der Waals surface area (Å²) < 4.78 is 4.96. The summed E-state index contributed by atoms with van der Waals surface area (Å²) in [6, 6.07) is -0.0251. The highest BCUT2D eigenvalue weighted by Crippen LogP contribution is 2.12. The summed E-state index contributed by atoms with van der Waals surface area (Å²) in [5, 5.41) is 3.27. The van der Waals surface area contributed by atoms with Gasteiger partial charge in [0.05, 0.1) is 12.6 Å². The van der Waals surface area contributed by atoms with Gasteiger partial charge < -0.3 is 19.9 Å². The Hall–Kier alpha value is -1.30. The predicted molar refractivity (Wildman–Crippen MR) is 70.8 cm³/mol. The molecule has 0 saturated carbocycles. The van der Waals surface area contributed by atoms with Gasteiger partial charge in [0.1, 0.15) is 0 Å². The lowest BCUT2D eigenvalue weighted by atomic mass is 10.0. The topological polar surface area (TPSA) is 61.9 Å². The van der Waals surface area contributed by atoms with E-state index in [1.807, 2.05) is 4.90 Å². The first kappa shape index (κ1) is 14.1. The Labute approximate surface area is 114 Å². The van der Waals surface area contributed by atoms with Crippen LogP contribution in [0.2, 0.25) is 0 Å². The molecule has 1 atom stereocenters. The van der Waals surface area contributed by atoms with Gasteiger partial charge in [0.2, 0.25) is 5.91 Å². The first-order chi connectivity index (χ1) is 9.22. The van der Waals surface area contributed by atoms with Crippen LogP contribution in [-0.2, 0) is 9.53 Å². The van der Waals surface area contributed by atoms with E-state index in [0.29, 0.717) is 32.8 Å². The molecular formula is C13H23N3O3. The van der Waals surface area contributed by atoms with Crippen molar-refractivity contribution >= 4 is 12.0 Å². The molecular weight excluding hydrogens is 246 g/mol. The number of hydrogen-bond donors (Lipinski definition) is 1. The number of piperidine rings is 1. The summed E-state index contributed by atoms with van der Waals surface area (Å²) in [6.07, 6.45) is 2.93. The second kappa shape index (κ2) is 6.75. The van der Waals surface area contributed by atoms with Crippen LogP contribution in [0.15, 0.2) is 0 Å². The largest absolute Gasteiger partial charge is 0.450 e. The fourth-order valence-electron chi connectivity index (χ4n) is 2.61. The molecule has 0 spiro atoms. The molecule has 6 heteroatoms. The van der Waals surface area contributed by atoms with Crippen molar-refractivity contribution in [3.63, 3.8) is 0 Å². The molecule has 6 nitrogen and oxygen atoms in total. The molecule has 0 unspecified atom stereocenters. The molecule has 2 fully saturated rings. The number of nitrogens with one attached hydrogen (secondary N) is 1. The number of hydrogen-bond acceptors (Lipinski definition) is 4. The number of ether oxygens (including phenoxy) is 1. The van der Waals surface area contributed by atoms with E-state index in [2.05, 4.69) is 5.32 Å². The van der Waals surface area contributed by atoms with Gasteiger partial charge in [0.15, 0.2) is 0 Å². The highest BCUT2D eigenvalue weighted by molar-refractivity contribution is 5.82. The Morgan fingerprint density at radius 2 is 1.84 bits per heavy atom. The second-order valence-electron chi connectivity index (χ2n) is 5.01. The zero-order valence-corrected chi connectivity index (χ0v) is 11.6. The zero-order valence-electron chi connectivity index (χ0n) is 11.6. The van der Waals surface area contributed by atoms with Gasteiger partial charge in [0, 0.05) is 26.2 Å². The lowest BCUT2D eigenvalue weighted by molar-refractivity contribution is -0.135. The van der Waals surface area contributed by atoms with Crippen molar-refractivity contribution < 1.29 is 14.3 Å². The molecule has 2 rings (SSSR count). The molecule has 0 bridgehead atoms. The van der Waals surface area contributed by atoms with Crippen molar-refractivity contribution in [3.05, 3.63) is 0 Å². The van der Waals surface area contributed by atoms with Gasteiger partial charge in [-0.15, -0.1) is 0 Å². The molecule has 1 N–H and O–H groups in total. The van der Waals surface area contributed by atoms with E-state index >= 15 is 0 Å². The van der Waals surface area contributed by atoms with E-state index in [0.717, 1.165) is 25.8 Å². The smallest absolute Gasteiger partial charge is 0.409 e. The Morgan fingerprint density at radius 3 is 2.42 bits per heavy atom. The maximum Gasteiger partial charge on any atom is 0.409 e. The van der Waals surface area contributed by atoms with E-state index < -0.39 is 0 Å². The number of amides is 2. The Bertz CT molecular complexity index is 321. The van der Waals surface area contributed by atoms with Crippen molar-refractivity contribution in [2.45, 2.75) is 32.2 Å². The average Bonchev–Trinajstić information content (AvgIpc) is 2.48. The maximum atomic E-state index is 12.3. The highest BCUT2D eigenvalue weighted by atomic mass is 16.6. The maximum absolute atomic E-state index is 12.3. The third-order valence-corrected chi connectivity index (χ3v) is 3.73. The van der Waals surface area contributed by atoms with Crippen LogP contribution in [0.3, 0.4) is 0 Å². The third kappa shape index (κ3) is 3.59. The summed E-state index contributed by atoms with van der Waals surface area (Å²) in [6.45, 7) is 5.47. The summed E-state index contributed by atoms with van der Waals surface area (Å²) >= 11 is 0. The van der Waals surface area contributed by atoms with Crippen molar-refractivity contribution in [2.75, 3.05) is 39.3 Å². The van der Waals surface area contributed by atoms with E-state index in [-0.39, 0.29) is 18.0 Å². The van der Waals surface area contributed by atoms with E-state index in [1.54, 1.807) is 11.8 Å². The van der Waals surface area contributed by atoms with E-state index in [4.69, 9.17) is 4.74 Å². The fraction of sp³-hybridized carbons (Fsp3) is 0.846. The molecule has 0 aromatic rings. The number of rotatable bonds is 2. The van der Waals surface area contributed by atoms with Gasteiger partial charge in [-0.1, -0.05) is 6.42 Å². The Balaban J connectivity index is 1.79. The molecule has 2 saturated heterocycles. The lowest BCUT2D eigenvalue weighted by Crippen LogP contribution is -2.55. The first-order valence-corrected chi connectivity index (χ1v) is 7.16. The molecule has 2 amide bonds. The molecule has 2 aliphatic rings. The first-order valence-electron chi connectivity index (χ1n) is 7.16. The van der Waals surface area contributed by atoms with Crippen molar-refractivity contribution in [2.24, 2.45) is 0 Å². The van der Waals surface area contributed by atoms with Crippen LogP contribution in [0.5, 0.6) is 0 Å². The SMILES string of the molecule is CCOC(=O)N1CCN(C(=O)[C@@H]2CCCCN2)CC1. The minimum absolute atomic E-state index is 0.0251. The second-order valence-corrected chi connectivity index (χ2v) is 5.01. The third-order valence-electron chi connectivity index (χ3n) is 3.73. The van der Waals surface area contributed by atoms with Crippen LogP contribution < -0.4 is 5.32 Å². The minimum Gasteiger partial charge on any atom is -0.450 e. The minimum atomic E-state index is -0.273. The van der Waals surface area contributed by atoms with Crippen molar-refractivity contribution in [3.8, 4) is 0 Å². The average molecular weight is 269 g/mol. The molecule has 19 heavy (non-hydrogen) atoms. The summed E-state index contributed by atoms with van der Waals surface area (Å²) in [4.78, 5) is 27.4. The number of nitrogens with zero attached hydrogens (tertiary/aromatic N) is 2. The predicted octanol–water partition coefficient (Wildman–Crippen LogP) is 0.429. The van der Waals surface area contributed by atoms with Crippen LogP contribution in [0.1, 0.15) is 26.2 Å². The molecule has 0 radical (unpaired) electrons. The molecule has 2 aliphatic heterocycles. The fourth-order valence-corrected chi connectivity index (χ4v) is 2.61. The highest BCUT2D eigenvalue weighted by Gasteiger charge is 2.29. The van der Waals surface area contributed by atoms with E-state index in [9.17, 15) is 9.59 Å². The number of carbonyl (C=O) groups is 2. The van der Waals surface area contributed by atoms with E-state index in [1.165, 1.54) is 0 Å². The molecule has 0 aromatic heterocycles.